The van der Waals surface area contributed by atoms with Crippen molar-refractivity contribution < 1.29 is 41.0 Å². The van der Waals surface area contributed by atoms with E-state index in [1.165, 1.54) is 30.6 Å². The molecule has 5 rings (SSSR count). The molecule has 2 fully saturated rings. The third kappa shape index (κ3) is 5.98. The summed E-state index contributed by atoms with van der Waals surface area (Å²) in [6.07, 6.45) is -2.25. The normalized spacial score (nSPS) is 17.1. The predicted molar refractivity (Wildman–Crippen MR) is 120 cm³/mol. The largest absolute Gasteiger partial charge is 0.490 e. The van der Waals surface area contributed by atoms with Gasteiger partial charge in [-0.05, 0) is 25.3 Å². The number of aromatic nitrogens is 5. The fourth-order valence-corrected chi connectivity index (χ4v) is 3.99. The number of carbonyl (C=O) groups is 2. The second-order valence-corrected chi connectivity index (χ2v) is 8.88. The van der Waals surface area contributed by atoms with Crippen LogP contribution < -0.4 is 15.5 Å². The van der Waals surface area contributed by atoms with Gasteiger partial charge < -0.3 is 20.6 Å². The number of carboxylic acids is 1. The summed E-state index contributed by atoms with van der Waals surface area (Å²) in [6.45, 7) is 2.47. The van der Waals surface area contributed by atoms with E-state index in [4.69, 9.17) is 9.90 Å². The van der Waals surface area contributed by atoms with Crippen LogP contribution in [0.4, 0.5) is 37.8 Å². The topological polar surface area (TPSA) is 130 Å². The molecule has 3 aromatic rings. The van der Waals surface area contributed by atoms with Crippen LogP contribution in [0.2, 0.25) is 0 Å². The van der Waals surface area contributed by atoms with Crippen LogP contribution in [-0.4, -0.2) is 72.7 Å². The summed E-state index contributed by atoms with van der Waals surface area (Å²) in [4.78, 5) is 28.4. The molecule has 1 saturated carbocycles. The van der Waals surface area contributed by atoms with Gasteiger partial charge in [-0.25, -0.2) is 14.3 Å². The molecular formula is C21H22F6N8O3. The fourth-order valence-electron chi connectivity index (χ4n) is 3.99. The van der Waals surface area contributed by atoms with Crippen molar-refractivity contribution in [2.24, 2.45) is 7.05 Å². The minimum Gasteiger partial charge on any atom is -0.475 e. The van der Waals surface area contributed by atoms with Gasteiger partial charge in [0.15, 0.2) is 11.3 Å². The Morgan fingerprint density at radius 1 is 1.13 bits per heavy atom. The summed E-state index contributed by atoms with van der Waals surface area (Å²) in [5.41, 5.74) is -0.931. The lowest BCUT2D eigenvalue weighted by atomic mass is 10.2. The van der Waals surface area contributed by atoms with Gasteiger partial charge in [0.1, 0.15) is 11.4 Å². The van der Waals surface area contributed by atoms with Crippen LogP contribution in [-0.2, 0) is 18.0 Å². The molecule has 0 aromatic carbocycles. The average molecular weight is 548 g/mol. The molecule has 1 aliphatic carbocycles. The van der Waals surface area contributed by atoms with Gasteiger partial charge in [-0.2, -0.15) is 36.5 Å². The van der Waals surface area contributed by atoms with Crippen molar-refractivity contribution in [1.29, 1.82) is 0 Å². The van der Waals surface area contributed by atoms with Crippen LogP contribution in [0.1, 0.15) is 35.3 Å². The van der Waals surface area contributed by atoms with Crippen LogP contribution in [0.5, 0.6) is 0 Å². The van der Waals surface area contributed by atoms with Gasteiger partial charge in [0.05, 0.1) is 11.9 Å². The third-order valence-electron chi connectivity index (χ3n) is 6.11. The van der Waals surface area contributed by atoms with Crippen molar-refractivity contribution >= 4 is 29.0 Å². The molecule has 0 bridgehead atoms. The minimum absolute atomic E-state index is 0.0884. The number of hydrogen-bond acceptors (Lipinski definition) is 7. The standard InChI is InChI=1S/C19H21F3N8O.C2HF3O2/c1-28-11-13(15(27-28)19(20,21)22)25-17(31)12-10-24-30-7-2-14(26-16(12)30)29-8-5-18(3-4-18)23-6-9-29;3-2(4,5)1(6)7/h2,7,10-11,23H,3-6,8-9H2,1H3,(H,25,31);(H,6,7). The fraction of sp³-hybridized carbons (Fsp3) is 0.476. The number of fused-ring (bicyclic) bond motifs is 1. The molecule has 206 valence electrons. The summed E-state index contributed by atoms with van der Waals surface area (Å²) in [5, 5.41) is 20.5. The zero-order valence-electron chi connectivity index (χ0n) is 19.8. The Bertz CT molecular complexity index is 1340. The molecule has 0 radical (unpaired) electrons. The lowest BCUT2D eigenvalue weighted by Crippen LogP contribution is -2.32. The highest BCUT2D eigenvalue weighted by Crippen LogP contribution is 2.40. The highest BCUT2D eigenvalue weighted by atomic mass is 19.4. The number of aryl methyl sites for hydroxylation is 1. The summed E-state index contributed by atoms with van der Waals surface area (Å²) in [7, 11) is 1.36. The maximum Gasteiger partial charge on any atom is 0.490 e. The number of anilines is 2. The Balaban J connectivity index is 0.000000426. The van der Waals surface area contributed by atoms with E-state index in [9.17, 15) is 31.1 Å². The van der Waals surface area contributed by atoms with Gasteiger partial charge in [-0.3, -0.25) is 9.48 Å². The van der Waals surface area contributed by atoms with Crippen LogP contribution in [0.15, 0.2) is 24.7 Å². The Labute approximate surface area is 210 Å². The first-order chi connectivity index (χ1) is 17.7. The molecule has 1 amide bonds. The van der Waals surface area contributed by atoms with Crippen LogP contribution in [0.3, 0.4) is 0 Å². The van der Waals surface area contributed by atoms with Gasteiger partial charge in [0.25, 0.3) is 5.91 Å². The molecule has 1 spiro atoms. The molecule has 11 nitrogen and oxygen atoms in total. The number of carbonyl (C=O) groups excluding carboxylic acids is 1. The molecule has 1 saturated heterocycles. The quantitative estimate of drug-likeness (QED) is 0.426. The molecular weight excluding hydrogens is 526 g/mol. The summed E-state index contributed by atoms with van der Waals surface area (Å²) in [5.74, 6) is -2.78. The zero-order valence-corrected chi connectivity index (χ0v) is 19.8. The van der Waals surface area contributed by atoms with Gasteiger partial charge in [-0.15, -0.1) is 0 Å². The van der Waals surface area contributed by atoms with Gasteiger partial charge >= 0.3 is 18.3 Å². The Hall–Kier alpha value is -3.89. The second-order valence-electron chi connectivity index (χ2n) is 8.88. The first-order valence-corrected chi connectivity index (χ1v) is 11.3. The molecule has 38 heavy (non-hydrogen) atoms. The van der Waals surface area contributed by atoms with Crippen LogP contribution >= 0.6 is 0 Å². The number of rotatable bonds is 3. The van der Waals surface area contributed by atoms with Crippen molar-refractivity contribution in [2.45, 2.75) is 37.2 Å². The summed E-state index contributed by atoms with van der Waals surface area (Å²) >= 11 is 0. The molecule has 17 heteroatoms. The molecule has 0 atom stereocenters. The third-order valence-corrected chi connectivity index (χ3v) is 6.11. The summed E-state index contributed by atoms with van der Waals surface area (Å²) in [6, 6.07) is 1.83. The number of amides is 1. The van der Waals surface area contributed by atoms with Gasteiger partial charge in [0.2, 0.25) is 0 Å². The molecule has 2 aliphatic rings. The maximum atomic E-state index is 13.2. The number of hydrogen-bond donors (Lipinski definition) is 3. The van der Waals surface area contributed by atoms with Crippen molar-refractivity contribution in [3.63, 3.8) is 0 Å². The van der Waals surface area contributed by atoms with Crippen molar-refractivity contribution in [3.8, 4) is 0 Å². The Kier molecular flexibility index (Phi) is 6.98. The SMILES string of the molecule is Cn1cc(NC(=O)c2cnn3ccc(N4CCNC5(CC4)CC5)nc23)c(C(F)(F)F)n1.O=C(O)C(F)(F)F. The molecule has 3 aromatic heterocycles. The van der Waals surface area contributed by atoms with E-state index in [2.05, 4.69) is 30.7 Å². The van der Waals surface area contributed by atoms with Crippen molar-refractivity contribution in [3.05, 3.63) is 35.9 Å². The van der Waals surface area contributed by atoms with E-state index in [0.717, 1.165) is 36.9 Å². The van der Waals surface area contributed by atoms with E-state index in [-0.39, 0.29) is 16.7 Å². The minimum atomic E-state index is -5.08. The van der Waals surface area contributed by atoms with E-state index in [0.29, 0.717) is 5.82 Å². The number of alkyl halides is 6. The lowest BCUT2D eigenvalue weighted by Gasteiger charge is -2.21. The number of halogens is 6. The first kappa shape index (κ1) is 27.2. The van der Waals surface area contributed by atoms with Crippen molar-refractivity contribution in [2.75, 3.05) is 29.9 Å². The Morgan fingerprint density at radius 3 is 2.42 bits per heavy atom. The maximum absolute atomic E-state index is 13.2. The monoisotopic (exact) mass is 548 g/mol. The van der Waals surface area contributed by atoms with Crippen LogP contribution in [0, 0.1) is 0 Å². The molecule has 1 aliphatic heterocycles. The number of carboxylic acid groups (broad SMARTS) is 1. The number of aliphatic carboxylic acids is 1. The highest BCUT2D eigenvalue weighted by molar-refractivity contribution is 6.08. The van der Waals surface area contributed by atoms with Crippen molar-refractivity contribution in [1.82, 2.24) is 29.7 Å². The van der Waals surface area contributed by atoms with E-state index < -0.39 is 35.6 Å². The highest BCUT2D eigenvalue weighted by Gasteiger charge is 2.43. The number of nitrogens with zero attached hydrogens (tertiary/aromatic N) is 6. The smallest absolute Gasteiger partial charge is 0.475 e. The average Bonchev–Trinajstić information content (AvgIpc) is 3.37. The van der Waals surface area contributed by atoms with E-state index in [1.807, 2.05) is 6.07 Å². The Morgan fingerprint density at radius 2 is 1.82 bits per heavy atom. The van der Waals surface area contributed by atoms with Gasteiger partial charge in [0, 0.05) is 44.6 Å². The molecule has 0 unspecified atom stereocenters. The molecule has 3 N–H and O–H groups in total. The second kappa shape index (κ2) is 9.77. The zero-order chi connectivity index (χ0) is 27.9. The molecule has 4 heterocycles. The summed E-state index contributed by atoms with van der Waals surface area (Å²) < 4.78 is 73.8. The van der Waals surface area contributed by atoms with E-state index in [1.54, 1.807) is 6.20 Å². The lowest BCUT2D eigenvalue weighted by molar-refractivity contribution is -0.192. The predicted octanol–water partition coefficient (Wildman–Crippen LogP) is 2.70. The first-order valence-electron chi connectivity index (χ1n) is 11.3. The van der Waals surface area contributed by atoms with E-state index >= 15 is 0 Å². The van der Waals surface area contributed by atoms with Gasteiger partial charge in [-0.1, -0.05) is 0 Å². The van der Waals surface area contributed by atoms with Crippen LogP contribution in [0.25, 0.3) is 5.65 Å². The number of nitrogens with one attached hydrogen (secondary N) is 2.